The highest BCUT2D eigenvalue weighted by atomic mass is 79.9. The van der Waals surface area contributed by atoms with E-state index in [1.807, 2.05) is 54.6 Å². The highest BCUT2D eigenvalue weighted by molar-refractivity contribution is 9.10. The maximum absolute atomic E-state index is 13.2. The summed E-state index contributed by atoms with van der Waals surface area (Å²) < 4.78 is 6.61. The second kappa shape index (κ2) is 9.00. The summed E-state index contributed by atoms with van der Waals surface area (Å²) in [7, 11) is 0. The molecule has 2 aliphatic rings. The van der Waals surface area contributed by atoms with E-state index in [0.29, 0.717) is 30.7 Å². The molecule has 2 aromatic rings. The van der Waals surface area contributed by atoms with Gasteiger partial charge in [-0.25, -0.2) is 0 Å². The average molecular weight is 466 g/mol. The predicted octanol–water partition coefficient (Wildman–Crippen LogP) is 5.06. The predicted molar refractivity (Wildman–Crippen MR) is 120 cm³/mol. The highest BCUT2D eigenvalue weighted by Crippen LogP contribution is 2.44. The van der Waals surface area contributed by atoms with Gasteiger partial charge >= 0.3 is 5.97 Å². The first-order chi connectivity index (χ1) is 14.5. The van der Waals surface area contributed by atoms with Crippen LogP contribution in [0.25, 0.3) is 0 Å². The number of halogens is 1. The second-order valence-corrected chi connectivity index (χ2v) is 8.64. The Labute approximate surface area is 185 Å². The minimum absolute atomic E-state index is 0.103. The van der Waals surface area contributed by atoms with Crippen LogP contribution < -0.4 is 5.32 Å². The summed E-state index contributed by atoms with van der Waals surface area (Å²) in [5.74, 6) is -1.26. The standard InChI is InChI=1S/C25H24BrNO3/c1-16-22(25(29)30-15-14-17-6-3-2-4-7-17)23(18-10-12-19(26)13-11-18)24-20(27-16)8-5-9-21(24)28/h2-4,6-7,10-13,22-23,27H,1,5,8-9,14-15H2. The molecular weight excluding hydrogens is 442 g/mol. The first-order valence-corrected chi connectivity index (χ1v) is 11.0. The number of Topliss-reactive ketones (excluding diaryl/α,β-unsaturated/α-hetero) is 1. The Hall–Kier alpha value is -2.66. The summed E-state index contributed by atoms with van der Waals surface area (Å²) in [5, 5.41) is 3.25. The lowest BCUT2D eigenvalue weighted by molar-refractivity contribution is -0.147. The van der Waals surface area contributed by atoms with E-state index in [9.17, 15) is 9.59 Å². The fourth-order valence-electron chi connectivity index (χ4n) is 4.31. The maximum Gasteiger partial charge on any atom is 0.315 e. The summed E-state index contributed by atoms with van der Waals surface area (Å²) >= 11 is 3.46. The van der Waals surface area contributed by atoms with Crippen LogP contribution in [0.5, 0.6) is 0 Å². The third-order valence-electron chi connectivity index (χ3n) is 5.75. The normalized spacial score (nSPS) is 21.1. The van der Waals surface area contributed by atoms with Gasteiger partial charge in [0.1, 0.15) is 5.92 Å². The third kappa shape index (κ3) is 4.26. The van der Waals surface area contributed by atoms with Crippen molar-refractivity contribution in [3.63, 3.8) is 0 Å². The topological polar surface area (TPSA) is 55.4 Å². The van der Waals surface area contributed by atoms with Crippen molar-refractivity contribution < 1.29 is 14.3 Å². The molecule has 2 atom stereocenters. The van der Waals surface area contributed by atoms with Crippen LogP contribution in [0.4, 0.5) is 0 Å². The van der Waals surface area contributed by atoms with E-state index < -0.39 is 5.92 Å². The molecule has 4 nitrogen and oxygen atoms in total. The van der Waals surface area contributed by atoms with E-state index in [-0.39, 0.29) is 17.7 Å². The second-order valence-electron chi connectivity index (χ2n) is 7.73. The number of rotatable bonds is 5. The fraction of sp³-hybridized carbons (Fsp3) is 0.280. The SMILES string of the molecule is C=C1NC2=C(C(=O)CCC2)C(c2ccc(Br)cc2)C1C(=O)OCCc1ccccc1. The van der Waals surface area contributed by atoms with Crippen LogP contribution in [0.2, 0.25) is 0 Å². The van der Waals surface area contributed by atoms with Crippen molar-refractivity contribution in [2.24, 2.45) is 5.92 Å². The number of benzene rings is 2. The zero-order valence-corrected chi connectivity index (χ0v) is 18.3. The Kier molecular flexibility index (Phi) is 6.18. The molecule has 1 heterocycles. The maximum atomic E-state index is 13.2. The van der Waals surface area contributed by atoms with E-state index in [4.69, 9.17) is 4.74 Å². The van der Waals surface area contributed by atoms with Gasteiger partial charge < -0.3 is 10.1 Å². The van der Waals surface area contributed by atoms with Gasteiger partial charge in [0.05, 0.1) is 6.61 Å². The van der Waals surface area contributed by atoms with Crippen molar-refractivity contribution >= 4 is 27.7 Å². The molecule has 5 heteroatoms. The molecule has 1 aliphatic carbocycles. The zero-order chi connectivity index (χ0) is 21.1. The molecule has 2 aromatic carbocycles. The molecule has 0 bridgehead atoms. The van der Waals surface area contributed by atoms with Crippen LogP contribution in [0.15, 0.2) is 82.6 Å². The van der Waals surface area contributed by atoms with Crippen molar-refractivity contribution in [2.75, 3.05) is 6.61 Å². The molecule has 154 valence electrons. The van der Waals surface area contributed by atoms with Crippen LogP contribution in [-0.2, 0) is 20.7 Å². The average Bonchev–Trinajstić information content (AvgIpc) is 2.74. The molecular formula is C25H24BrNO3. The van der Waals surface area contributed by atoms with Crippen molar-refractivity contribution in [2.45, 2.75) is 31.6 Å². The Morgan fingerprint density at radius 1 is 1.10 bits per heavy atom. The number of ether oxygens (including phenoxy) is 1. The van der Waals surface area contributed by atoms with Gasteiger partial charge in [-0.3, -0.25) is 9.59 Å². The molecule has 0 amide bonds. The molecule has 2 unspecified atom stereocenters. The van der Waals surface area contributed by atoms with Crippen LogP contribution >= 0.6 is 15.9 Å². The van der Waals surface area contributed by atoms with Gasteiger partial charge in [-0.15, -0.1) is 0 Å². The van der Waals surface area contributed by atoms with Gasteiger partial charge in [0.15, 0.2) is 5.78 Å². The molecule has 1 aliphatic heterocycles. The first kappa shape index (κ1) is 20.6. The molecule has 1 N–H and O–H groups in total. The Morgan fingerprint density at radius 3 is 2.57 bits per heavy atom. The molecule has 4 rings (SSSR count). The Bertz CT molecular complexity index is 995. The van der Waals surface area contributed by atoms with Gasteiger partial charge in [0.2, 0.25) is 0 Å². The fourth-order valence-corrected chi connectivity index (χ4v) is 4.57. The lowest BCUT2D eigenvalue weighted by Gasteiger charge is -2.38. The van der Waals surface area contributed by atoms with Gasteiger partial charge in [0, 0.05) is 40.2 Å². The van der Waals surface area contributed by atoms with E-state index >= 15 is 0 Å². The number of hydrogen-bond acceptors (Lipinski definition) is 4. The van der Waals surface area contributed by atoms with Gasteiger partial charge in [-0.2, -0.15) is 0 Å². The van der Waals surface area contributed by atoms with E-state index in [1.54, 1.807) is 0 Å². The van der Waals surface area contributed by atoms with Crippen molar-refractivity contribution in [3.05, 3.63) is 93.7 Å². The van der Waals surface area contributed by atoms with E-state index in [1.165, 1.54) is 0 Å². The highest BCUT2D eigenvalue weighted by Gasteiger charge is 2.43. The summed E-state index contributed by atoms with van der Waals surface area (Å²) in [6.07, 6.45) is 2.77. The number of carbonyl (C=O) groups is 2. The van der Waals surface area contributed by atoms with Gasteiger partial charge in [-0.1, -0.05) is 65.0 Å². The molecule has 0 radical (unpaired) electrons. The lowest BCUT2D eigenvalue weighted by Crippen LogP contribution is -2.41. The van der Waals surface area contributed by atoms with E-state index in [0.717, 1.165) is 34.1 Å². The summed E-state index contributed by atoms with van der Waals surface area (Å²) in [6, 6.07) is 17.7. The lowest BCUT2D eigenvalue weighted by atomic mass is 9.71. The quantitative estimate of drug-likeness (QED) is 0.626. The summed E-state index contributed by atoms with van der Waals surface area (Å²) in [5.41, 5.74) is 4.25. The van der Waals surface area contributed by atoms with E-state index in [2.05, 4.69) is 27.8 Å². The number of allylic oxidation sites excluding steroid dienone is 2. The van der Waals surface area contributed by atoms with Crippen molar-refractivity contribution in [3.8, 4) is 0 Å². The minimum atomic E-state index is -0.636. The molecule has 0 saturated carbocycles. The summed E-state index contributed by atoms with van der Waals surface area (Å²) in [6.45, 7) is 4.42. The van der Waals surface area contributed by atoms with Crippen LogP contribution in [0, 0.1) is 5.92 Å². The van der Waals surface area contributed by atoms with Crippen molar-refractivity contribution in [1.29, 1.82) is 0 Å². The number of hydrogen-bond donors (Lipinski definition) is 1. The number of nitrogens with one attached hydrogen (secondary N) is 1. The smallest absolute Gasteiger partial charge is 0.315 e. The van der Waals surface area contributed by atoms with Gasteiger partial charge in [0.25, 0.3) is 0 Å². The van der Waals surface area contributed by atoms with Crippen LogP contribution in [-0.4, -0.2) is 18.4 Å². The largest absolute Gasteiger partial charge is 0.465 e. The van der Waals surface area contributed by atoms with Gasteiger partial charge in [-0.05, 0) is 36.1 Å². The molecule has 0 aromatic heterocycles. The Morgan fingerprint density at radius 2 is 1.83 bits per heavy atom. The van der Waals surface area contributed by atoms with Crippen molar-refractivity contribution in [1.82, 2.24) is 5.32 Å². The number of ketones is 1. The molecule has 0 spiro atoms. The molecule has 30 heavy (non-hydrogen) atoms. The third-order valence-corrected chi connectivity index (χ3v) is 6.28. The number of esters is 1. The zero-order valence-electron chi connectivity index (χ0n) is 16.7. The van der Waals surface area contributed by atoms with Crippen LogP contribution in [0.3, 0.4) is 0 Å². The summed E-state index contributed by atoms with van der Waals surface area (Å²) in [4.78, 5) is 26.0. The monoisotopic (exact) mass is 465 g/mol. The minimum Gasteiger partial charge on any atom is -0.465 e. The first-order valence-electron chi connectivity index (χ1n) is 10.2. The molecule has 0 saturated heterocycles. The van der Waals surface area contributed by atoms with Crippen LogP contribution in [0.1, 0.15) is 36.3 Å². The molecule has 0 fully saturated rings. The number of carbonyl (C=O) groups excluding carboxylic acids is 2. The Balaban J connectivity index is 1.61.